The molecule has 7 nitrogen and oxygen atoms in total. The number of ether oxygens (including phenoxy) is 3. The lowest BCUT2D eigenvalue weighted by atomic mass is 10.2. The van der Waals surface area contributed by atoms with Crippen molar-refractivity contribution in [2.45, 2.75) is 18.7 Å². The Morgan fingerprint density at radius 2 is 1.46 bits per heavy atom. The number of aliphatic imine (C=N–C) groups is 1. The third-order valence-corrected chi connectivity index (χ3v) is 6.29. The van der Waals surface area contributed by atoms with Crippen molar-refractivity contribution in [2.24, 2.45) is 4.99 Å². The molecule has 0 amide bonds. The molecule has 0 aliphatic rings. The van der Waals surface area contributed by atoms with Crippen LogP contribution >= 0.6 is 0 Å². The first-order valence-electron chi connectivity index (χ1n) is 8.85. The predicted octanol–water partition coefficient (Wildman–Crippen LogP) is 3.49. The molecule has 2 aromatic rings. The second-order valence-electron chi connectivity index (χ2n) is 5.80. The molecule has 0 saturated carbocycles. The Morgan fingerprint density at radius 1 is 0.929 bits per heavy atom. The van der Waals surface area contributed by atoms with Crippen LogP contribution in [-0.2, 0) is 10.0 Å². The van der Waals surface area contributed by atoms with Crippen LogP contribution in [0.25, 0.3) is 0 Å². The maximum atomic E-state index is 12.5. The summed E-state index contributed by atoms with van der Waals surface area (Å²) in [6.45, 7) is 4.49. The van der Waals surface area contributed by atoms with Crippen LogP contribution in [0.15, 0.2) is 46.3 Å². The van der Waals surface area contributed by atoms with Gasteiger partial charge in [0.15, 0.2) is 11.5 Å². The van der Waals surface area contributed by atoms with Crippen molar-refractivity contribution in [1.82, 2.24) is 4.31 Å². The molecule has 0 spiro atoms. The van der Waals surface area contributed by atoms with Gasteiger partial charge in [0.05, 0.1) is 31.9 Å². The Morgan fingerprint density at radius 3 is 1.89 bits per heavy atom. The maximum Gasteiger partial charge on any atom is 0.243 e. The quantitative estimate of drug-likeness (QED) is 0.596. The average Bonchev–Trinajstić information content (AvgIpc) is 2.72. The molecular weight excluding hydrogens is 380 g/mol. The van der Waals surface area contributed by atoms with E-state index < -0.39 is 10.0 Å². The molecule has 0 unspecified atom stereocenters. The molecule has 0 aliphatic carbocycles. The minimum Gasteiger partial charge on any atom is -0.493 e. The molecular formula is C20H26N2O5S. The van der Waals surface area contributed by atoms with Gasteiger partial charge >= 0.3 is 0 Å². The Bertz CT molecular complexity index is 895. The molecule has 28 heavy (non-hydrogen) atoms. The van der Waals surface area contributed by atoms with Crippen LogP contribution in [0.1, 0.15) is 19.4 Å². The SMILES string of the molecule is CCN(CC)S(=O)(=O)c1ccc(N=Cc2cc(OC)c(OC)c(OC)c2)cc1. The van der Waals surface area contributed by atoms with Crippen molar-refractivity contribution < 1.29 is 22.6 Å². The highest BCUT2D eigenvalue weighted by Gasteiger charge is 2.21. The number of hydrogen-bond acceptors (Lipinski definition) is 6. The van der Waals surface area contributed by atoms with Gasteiger partial charge in [-0.3, -0.25) is 4.99 Å². The largest absolute Gasteiger partial charge is 0.493 e. The minimum absolute atomic E-state index is 0.253. The van der Waals surface area contributed by atoms with Gasteiger partial charge in [0, 0.05) is 24.9 Å². The lowest BCUT2D eigenvalue weighted by Crippen LogP contribution is -2.30. The van der Waals surface area contributed by atoms with Crippen LogP contribution in [-0.4, -0.2) is 53.4 Å². The van der Waals surface area contributed by atoms with Crippen LogP contribution in [0.2, 0.25) is 0 Å². The third-order valence-electron chi connectivity index (χ3n) is 4.23. The van der Waals surface area contributed by atoms with E-state index in [1.54, 1.807) is 63.9 Å². The first-order valence-corrected chi connectivity index (χ1v) is 10.3. The van der Waals surface area contributed by atoms with Crippen molar-refractivity contribution >= 4 is 21.9 Å². The predicted molar refractivity (Wildman–Crippen MR) is 110 cm³/mol. The Kier molecular flexibility index (Phi) is 7.42. The van der Waals surface area contributed by atoms with Crippen molar-refractivity contribution in [1.29, 1.82) is 0 Å². The van der Waals surface area contributed by atoms with Gasteiger partial charge in [-0.1, -0.05) is 13.8 Å². The van der Waals surface area contributed by atoms with Crippen LogP contribution in [0.5, 0.6) is 17.2 Å². The van der Waals surface area contributed by atoms with Crippen molar-refractivity contribution in [3.63, 3.8) is 0 Å². The van der Waals surface area contributed by atoms with E-state index in [1.807, 2.05) is 13.8 Å². The van der Waals surface area contributed by atoms with Gasteiger partial charge in [0.2, 0.25) is 15.8 Å². The van der Waals surface area contributed by atoms with E-state index >= 15 is 0 Å². The van der Waals surface area contributed by atoms with Crippen LogP contribution < -0.4 is 14.2 Å². The minimum atomic E-state index is -3.48. The van der Waals surface area contributed by atoms with Gasteiger partial charge in [-0.05, 0) is 36.4 Å². The van der Waals surface area contributed by atoms with Crippen molar-refractivity contribution in [3.8, 4) is 17.2 Å². The number of methoxy groups -OCH3 is 3. The molecule has 0 atom stereocenters. The highest BCUT2D eigenvalue weighted by Crippen LogP contribution is 2.37. The number of rotatable bonds is 9. The number of nitrogens with zero attached hydrogens (tertiary/aromatic N) is 2. The molecule has 8 heteroatoms. The summed E-state index contributed by atoms with van der Waals surface area (Å²) in [4.78, 5) is 4.66. The van der Waals surface area contributed by atoms with Gasteiger partial charge < -0.3 is 14.2 Å². The van der Waals surface area contributed by atoms with Crippen molar-refractivity contribution in [3.05, 3.63) is 42.0 Å². The Balaban J connectivity index is 2.28. The first-order chi connectivity index (χ1) is 13.4. The van der Waals surface area contributed by atoms with E-state index in [0.29, 0.717) is 36.0 Å². The standard InChI is InChI=1S/C20H26N2O5S/c1-6-22(7-2)28(23,24)17-10-8-16(9-11-17)21-14-15-12-18(25-3)20(27-5)19(13-15)26-4/h8-14H,6-7H2,1-5H3. The van der Waals surface area contributed by atoms with Gasteiger partial charge in [0.1, 0.15) is 0 Å². The number of sulfonamides is 1. The van der Waals surface area contributed by atoms with Gasteiger partial charge in [0.25, 0.3) is 0 Å². The van der Waals surface area contributed by atoms with Gasteiger partial charge in [-0.2, -0.15) is 4.31 Å². The fourth-order valence-corrected chi connectivity index (χ4v) is 4.20. The maximum absolute atomic E-state index is 12.5. The summed E-state index contributed by atoms with van der Waals surface area (Å²) < 4.78 is 42.5. The summed E-state index contributed by atoms with van der Waals surface area (Å²) in [5.41, 5.74) is 1.39. The average molecular weight is 407 g/mol. The fraction of sp³-hybridized carbons (Fsp3) is 0.350. The first kappa shape index (κ1) is 21.7. The summed E-state index contributed by atoms with van der Waals surface area (Å²) >= 11 is 0. The normalized spacial score (nSPS) is 11.8. The molecule has 0 aromatic heterocycles. The fourth-order valence-electron chi connectivity index (χ4n) is 2.74. The Labute approximate surface area is 166 Å². The Hall–Kier alpha value is -2.58. The van der Waals surface area contributed by atoms with Gasteiger partial charge in [-0.15, -0.1) is 0 Å². The molecule has 2 aromatic carbocycles. The van der Waals surface area contributed by atoms with Gasteiger partial charge in [-0.25, -0.2) is 8.42 Å². The molecule has 0 radical (unpaired) electrons. The second-order valence-corrected chi connectivity index (χ2v) is 7.74. The van der Waals surface area contributed by atoms with E-state index in [1.165, 1.54) is 4.31 Å². The van der Waals surface area contributed by atoms with E-state index in [2.05, 4.69) is 4.99 Å². The molecule has 0 bridgehead atoms. The van der Waals surface area contributed by atoms with E-state index in [-0.39, 0.29) is 4.90 Å². The zero-order valence-corrected chi connectivity index (χ0v) is 17.6. The summed E-state index contributed by atoms with van der Waals surface area (Å²) in [7, 11) is 1.17. The highest BCUT2D eigenvalue weighted by atomic mass is 32.2. The lowest BCUT2D eigenvalue weighted by molar-refractivity contribution is 0.324. The number of hydrogen-bond donors (Lipinski definition) is 0. The molecule has 0 fully saturated rings. The van der Waals surface area contributed by atoms with E-state index in [0.717, 1.165) is 5.56 Å². The van der Waals surface area contributed by atoms with Crippen LogP contribution in [0.3, 0.4) is 0 Å². The molecule has 152 valence electrons. The molecule has 0 heterocycles. The summed E-state index contributed by atoms with van der Waals surface area (Å²) in [5.74, 6) is 1.57. The molecule has 0 aliphatic heterocycles. The zero-order chi connectivity index (χ0) is 20.7. The second kappa shape index (κ2) is 9.57. The van der Waals surface area contributed by atoms with E-state index in [4.69, 9.17) is 14.2 Å². The smallest absolute Gasteiger partial charge is 0.243 e. The monoisotopic (exact) mass is 406 g/mol. The summed E-state index contributed by atoms with van der Waals surface area (Å²) in [6.07, 6.45) is 1.65. The summed E-state index contributed by atoms with van der Waals surface area (Å²) in [6, 6.07) is 10.0. The van der Waals surface area contributed by atoms with Crippen molar-refractivity contribution in [2.75, 3.05) is 34.4 Å². The third kappa shape index (κ3) is 4.63. The lowest BCUT2D eigenvalue weighted by Gasteiger charge is -2.18. The molecule has 0 saturated heterocycles. The molecule has 0 N–H and O–H groups in total. The number of benzene rings is 2. The van der Waals surface area contributed by atoms with Crippen LogP contribution in [0, 0.1) is 0 Å². The highest BCUT2D eigenvalue weighted by molar-refractivity contribution is 7.89. The van der Waals surface area contributed by atoms with E-state index in [9.17, 15) is 8.42 Å². The zero-order valence-electron chi connectivity index (χ0n) is 16.8. The summed E-state index contributed by atoms with van der Waals surface area (Å²) in [5, 5.41) is 0. The van der Waals surface area contributed by atoms with Crippen LogP contribution in [0.4, 0.5) is 5.69 Å². The topological polar surface area (TPSA) is 77.4 Å². The molecule has 2 rings (SSSR count).